The van der Waals surface area contributed by atoms with Crippen molar-refractivity contribution in [3.63, 3.8) is 0 Å². The molecule has 2 amide bonds. The summed E-state index contributed by atoms with van der Waals surface area (Å²) < 4.78 is 0. The number of carbonyl (C=O) groups excluding carboxylic acids is 2. The third kappa shape index (κ3) is 2.45. The highest BCUT2D eigenvalue weighted by atomic mass is 16.2. The molecule has 0 atom stereocenters. The highest BCUT2D eigenvalue weighted by molar-refractivity contribution is 6.01. The summed E-state index contributed by atoms with van der Waals surface area (Å²) in [5.74, 6) is -0.127. The summed E-state index contributed by atoms with van der Waals surface area (Å²) in [5, 5.41) is 2.65. The molecule has 0 aliphatic carbocycles. The summed E-state index contributed by atoms with van der Waals surface area (Å²) in [5.41, 5.74) is 7.17. The Hall–Kier alpha value is -1.88. The predicted molar refractivity (Wildman–Crippen MR) is 64.6 cm³/mol. The number of nitrogens with zero attached hydrogens (tertiary/aromatic N) is 1. The van der Waals surface area contributed by atoms with Crippen LogP contribution in [0.3, 0.4) is 0 Å². The molecule has 0 bridgehead atoms. The van der Waals surface area contributed by atoms with Crippen molar-refractivity contribution >= 4 is 17.5 Å². The van der Waals surface area contributed by atoms with Gasteiger partial charge < -0.3 is 16.0 Å². The Kier molecular flexibility index (Phi) is 3.39. The second-order valence-corrected chi connectivity index (χ2v) is 3.90. The number of amides is 2. The third-order valence-corrected chi connectivity index (χ3v) is 2.77. The van der Waals surface area contributed by atoms with E-state index in [0.29, 0.717) is 19.5 Å². The van der Waals surface area contributed by atoms with Gasteiger partial charge in [-0.25, -0.2) is 0 Å². The zero-order valence-electron chi connectivity index (χ0n) is 9.48. The number of benzene rings is 1. The first-order valence-electron chi connectivity index (χ1n) is 5.57. The fourth-order valence-electron chi connectivity index (χ4n) is 1.94. The van der Waals surface area contributed by atoms with Crippen molar-refractivity contribution in [2.24, 2.45) is 5.73 Å². The summed E-state index contributed by atoms with van der Waals surface area (Å²) in [6.45, 7) is 0.891. The summed E-state index contributed by atoms with van der Waals surface area (Å²) >= 11 is 0. The minimum Gasteiger partial charge on any atom is -0.353 e. The molecular formula is C12H15N3O2. The number of hydrogen-bond acceptors (Lipinski definition) is 3. The van der Waals surface area contributed by atoms with Gasteiger partial charge in [-0.2, -0.15) is 0 Å². The Bertz CT molecular complexity index is 445. The molecule has 1 aromatic carbocycles. The Morgan fingerprint density at radius 2 is 2.18 bits per heavy atom. The summed E-state index contributed by atoms with van der Waals surface area (Å²) in [7, 11) is 0. The fourth-order valence-corrected chi connectivity index (χ4v) is 1.94. The van der Waals surface area contributed by atoms with Gasteiger partial charge in [-0.05, 0) is 11.6 Å². The molecule has 90 valence electrons. The van der Waals surface area contributed by atoms with Crippen molar-refractivity contribution in [1.29, 1.82) is 0 Å². The average molecular weight is 233 g/mol. The Balaban J connectivity index is 1.97. The van der Waals surface area contributed by atoms with Gasteiger partial charge in [0.05, 0.1) is 13.0 Å². The molecule has 0 fully saturated rings. The summed E-state index contributed by atoms with van der Waals surface area (Å²) in [4.78, 5) is 24.4. The largest absolute Gasteiger partial charge is 0.353 e. The molecule has 1 aromatic rings. The van der Waals surface area contributed by atoms with Gasteiger partial charge in [0.15, 0.2) is 0 Å². The van der Waals surface area contributed by atoms with E-state index in [9.17, 15) is 9.59 Å². The van der Waals surface area contributed by atoms with E-state index in [4.69, 9.17) is 5.73 Å². The first-order valence-corrected chi connectivity index (χ1v) is 5.57. The highest BCUT2D eigenvalue weighted by Gasteiger charge is 2.25. The number of nitrogens with one attached hydrogen (secondary N) is 1. The monoisotopic (exact) mass is 233 g/mol. The van der Waals surface area contributed by atoms with Crippen LogP contribution in [0.1, 0.15) is 5.56 Å². The maximum absolute atomic E-state index is 11.8. The lowest BCUT2D eigenvalue weighted by molar-refractivity contribution is -0.120. The van der Waals surface area contributed by atoms with Crippen molar-refractivity contribution in [3.05, 3.63) is 29.8 Å². The van der Waals surface area contributed by atoms with E-state index in [0.717, 1.165) is 11.3 Å². The van der Waals surface area contributed by atoms with Gasteiger partial charge in [0.25, 0.3) is 0 Å². The Labute approximate surface area is 99.6 Å². The van der Waals surface area contributed by atoms with Gasteiger partial charge in [-0.3, -0.25) is 9.59 Å². The first-order chi connectivity index (χ1) is 8.22. The van der Waals surface area contributed by atoms with Crippen molar-refractivity contribution in [2.45, 2.75) is 6.42 Å². The minimum absolute atomic E-state index is 0.0233. The molecule has 0 unspecified atom stereocenters. The molecule has 3 N–H and O–H groups in total. The molecule has 5 nitrogen and oxygen atoms in total. The summed E-state index contributed by atoms with van der Waals surface area (Å²) in [6, 6.07) is 7.70. The smallest absolute Gasteiger partial charge is 0.233 e. The zero-order valence-corrected chi connectivity index (χ0v) is 9.48. The van der Waals surface area contributed by atoms with Gasteiger partial charge >= 0.3 is 0 Å². The van der Waals surface area contributed by atoms with Crippen LogP contribution in [0.15, 0.2) is 24.3 Å². The minimum atomic E-state index is -0.204. The molecular weight excluding hydrogens is 218 g/mol. The van der Waals surface area contributed by atoms with E-state index < -0.39 is 0 Å². The maximum atomic E-state index is 11.8. The number of rotatable bonds is 4. The molecule has 2 rings (SSSR count). The van der Waals surface area contributed by atoms with Crippen molar-refractivity contribution in [3.8, 4) is 0 Å². The summed E-state index contributed by atoms with van der Waals surface area (Å²) in [6.07, 6.45) is 0.445. The molecule has 5 heteroatoms. The second-order valence-electron chi connectivity index (χ2n) is 3.90. The van der Waals surface area contributed by atoms with E-state index in [1.165, 1.54) is 0 Å². The van der Waals surface area contributed by atoms with E-state index in [-0.39, 0.29) is 18.4 Å². The van der Waals surface area contributed by atoms with E-state index in [2.05, 4.69) is 5.32 Å². The highest BCUT2D eigenvalue weighted by Crippen LogP contribution is 2.27. The van der Waals surface area contributed by atoms with Crippen LogP contribution in [0.25, 0.3) is 0 Å². The standard InChI is InChI=1S/C12H15N3O2/c13-8-11(16)14-5-6-15-10-4-2-1-3-9(10)7-12(15)17/h1-4H,5-8,13H2,(H,14,16). The van der Waals surface area contributed by atoms with Gasteiger partial charge in [0.1, 0.15) is 0 Å². The molecule has 1 aliphatic heterocycles. The number of anilines is 1. The number of carbonyl (C=O) groups is 2. The average Bonchev–Trinajstić information content (AvgIpc) is 2.66. The van der Waals surface area contributed by atoms with Crippen LogP contribution in [-0.4, -0.2) is 31.4 Å². The van der Waals surface area contributed by atoms with Crippen molar-refractivity contribution in [1.82, 2.24) is 5.32 Å². The maximum Gasteiger partial charge on any atom is 0.233 e. The molecule has 1 heterocycles. The number of fused-ring (bicyclic) bond motifs is 1. The predicted octanol–water partition coefficient (Wildman–Crippen LogP) is -0.349. The van der Waals surface area contributed by atoms with E-state index in [1.54, 1.807) is 4.90 Å². The SMILES string of the molecule is NCC(=O)NCCN1C(=O)Cc2ccccc21. The fraction of sp³-hybridized carbons (Fsp3) is 0.333. The zero-order chi connectivity index (χ0) is 12.3. The van der Waals surface area contributed by atoms with E-state index >= 15 is 0 Å². The Morgan fingerprint density at radius 3 is 2.94 bits per heavy atom. The van der Waals surface area contributed by atoms with Crippen LogP contribution in [0.2, 0.25) is 0 Å². The second kappa shape index (κ2) is 4.97. The van der Waals surface area contributed by atoms with Crippen molar-refractivity contribution < 1.29 is 9.59 Å². The van der Waals surface area contributed by atoms with Crippen LogP contribution >= 0.6 is 0 Å². The lowest BCUT2D eigenvalue weighted by Gasteiger charge is -2.17. The van der Waals surface area contributed by atoms with Crippen LogP contribution in [0.4, 0.5) is 5.69 Å². The molecule has 0 saturated heterocycles. The number of hydrogen-bond donors (Lipinski definition) is 2. The van der Waals surface area contributed by atoms with Crippen molar-refractivity contribution in [2.75, 3.05) is 24.5 Å². The first kappa shape index (κ1) is 11.6. The quantitative estimate of drug-likeness (QED) is 0.746. The molecule has 0 saturated carbocycles. The third-order valence-electron chi connectivity index (χ3n) is 2.77. The lowest BCUT2D eigenvalue weighted by Crippen LogP contribution is -2.38. The van der Waals surface area contributed by atoms with E-state index in [1.807, 2.05) is 24.3 Å². The molecule has 0 aromatic heterocycles. The van der Waals surface area contributed by atoms with Crippen LogP contribution in [0, 0.1) is 0 Å². The van der Waals surface area contributed by atoms with Crippen LogP contribution < -0.4 is 16.0 Å². The number of para-hydroxylation sites is 1. The van der Waals surface area contributed by atoms with Crippen LogP contribution in [0.5, 0.6) is 0 Å². The van der Waals surface area contributed by atoms with Gasteiger partial charge in [-0.15, -0.1) is 0 Å². The topological polar surface area (TPSA) is 75.4 Å². The Morgan fingerprint density at radius 1 is 1.41 bits per heavy atom. The molecule has 0 radical (unpaired) electrons. The van der Waals surface area contributed by atoms with Gasteiger partial charge in [-0.1, -0.05) is 18.2 Å². The lowest BCUT2D eigenvalue weighted by atomic mass is 10.2. The molecule has 0 spiro atoms. The normalized spacial score (nSPS) is 13.7. The van der Waals surface area contributed by atoms with Crippen LogP contribution in [-0.2, 0) is 16.0 Å². The molecule has 1 aliphatic rings. The van der Waals surface area contributed by atoms with Gasteiger partial charge in [0.2, 0.25) is 11.8 Å². The number of nitrogens with two attached hydrogens (primary N) is 1. The van der Waals surface area contributed by atoms with Gasteiger partial charge in [0, 0.05) is 18.8 Å². The molecule has 17 heavy (non-hydrogen) atoms.